The van der Waals surface area contributed by atoms with Crippen LogP contribution in [0.5, 0.6) is 0 Å². The minimum atomic E-state index is -4.61. The van der Waals surface area contributed by atoms with Gasteiger partial charge >= 0.3 is 6.18 Å². The molecule has 5 nitrogen and oxygen atoms in total. The molecule has 4 rings (SSSR count). The van der Waals surface area contributed by atoms with Crippen molar-refractivity contribution < 1.29 is 26.7 Å². The summed E-state index contributed by atoms with van der Waals surface area (Å²) in [5.41, 5.74) is -0.335. The second-order valence-electron chi connectivity index (χ2n) is 8.86. The smallest absolute Gasteiger partial charge is 0.384 e. The Balaban J connectivity index is 1.89. The topological polar surface area (TPSA) is 72.2 Å². The molecule has 0 fully saturated rings. The van der Waals surface area contributed by atoms with E-state index >= 15 is 0 Å². The van der Waals surface area contributed by atoms with Gasteiger partial charge in [-0.2, -0.15) is 13.2 Å². The van der Waals surface area contributed by atoms with Crippen LogP contribution in [0, 0.1) is 0 Å². The van der Waals surface area contributed by atoms with Crippen molar-refractivity contribution in [3.63, 3.8) is 0 Å². The fraction of sp³-hybridized carbons (Fsp3) is 0.192. The third-order valence-corrected chi connectivity index (χ3v) is 7.44. The number of hydrogen-bond acceptors (Lipinski definition) is 4. The van der Waals surface area contributed by atoms with Crippen LogP contribution in [0.25, 0.3) is 28.2 Å². The molecular weight excluding hydrogens is 557 g/mol. The molecule has 4 aromatic rings. The number of hydrogen-bond donors (Lipinski definition) is 1. The van der Waals surface area contributed by atoms with Crippen LogP contribution < -0.4 is 0 Å². The van der Waals surface area contributed by atoms with Gasteiger partial charge < -0.3 is 5.11 Å². The van der Waals surface area contributed by atoms with E-state index in [1.54, 1.807) is 42.5 Å². The van der Waals surface area contributed by atoms with E-state index in [1.807, 2.05) is 0 Å². The van der Waals surface area contributed by atoms with Crippen molar-refractivity contribution in [2.24, 2.45) is 0 Å². The van der Waals surface area contributed by atoms with E-state index in [4.69, 9.17) is 0 Å². The average Bonchev–Trinajstić information content (AvgIpc) is 3.15. The van der Waals surface area contributed by atoms with Crippen LogP contribution >= 0.6 is 15.9 Å². The lowest BCUT2D eigenvalue weighted by Gasteiger charge is -2.16. The zero-order valence-corrected chi connectivity index (χ0v) is 21.9. The van der Waals surface area contributed by atoms with Crippen LogP contribution in [-0.4, -0.2) is 29.3 Å². The maximum atomic E-state index is 13.8. The lowest BCUT2D eigenvalue weighted by molar-refractivity contribution is -0.137. The first kappa shape index (κ1) is 26.1. The lowest BCUT2D eigenvalue weighted by Crippen LogP contribution is -2.17. The molecule has 36 heavy (non-hydrogen) atoms. The number of rotatable bonds is 5. The SMILES string of the molecule is CC(C)(O)c1nc(-c2ccccc2C(F)(F)F)n(-c2ccc(-c3cccc(S(C)(=O)=O)c3)cc2)c1Br. The van der Waals surface area contributed by atoms with Crippen molar-refractivity contribution in [3.05, 3.63) is 88.7 Å². The third-order valence-electron chi connectivity index (χ3n) is 5.60. The third kappa shape index (κ3) is 5.11. The van der Waals surface area contributed by atoms with E-state index in [1.165, 1.54) is 42.7 Å². The molecule has 0 aliphatic heterocycles. The maximum Gasteiger partial charge on any atom is 0.417 e. The Morgan fingerprint density at radius 3 is 2.14 bits per heavy atom. The van der Waals surface area contributed by atoms with Gasteiger partial charge in [-0.1, -0.05) is 42.5 Å². The highest BCUT2D eigenvalue weighted by Gasteiger charge is 2.36. The Hall–Kier alpha value is -2.95. The van der Waals surface area contributed by atoms with Gasteiger partial charge in [0.15, 0.2) is 9.84 Å². The minimum absolute atomic E-state index is 0.0127. The molecule has 0 unspecified atom stereocenters. The van der Waals surface area contributed by atoms with Crippen molar-refractivity contribution in [3.8, 4) is 28.2 Å². The van der Waals surface area contributed by atoms with Gasteiger partial charge in [0.2, 0.25) is 0 Å². The first-order valence-corrected chi connectivity index (χ1v) is 13.4. The summed E-state index contributed by atoms with van der Waals surface area (Å²) in [6.07, 6.45) is -3.48. The van der Waals surface area contributed by atoms with E-state index in [2.05, 4.69) is 20.9 Å². The van der Waals surface area contributed by atoms with E-state index < -0.39 is 27.2 Å². The highest BCUT2D eigenvalue weighted by Crippen LogP contribution is 2.41. The van der Waals surface area contributed by atoms with Crippen LogP contribution in [-0.2, 0) is 21.6 Å². The molecule has 0 amide bonds. The summed E-state index contributed by atoms with van der Waals surface area (Å²) >= 11 is 3.43. The highest BCUT2D eigenvalue weighted by atomic mass is 79.9. The molecule has 0 spiro atoms. The minimum Gasteiger partial charge on any atom is -0.384 e. The number of sulfone groups is 1. The molecule has 3 aromatic carbocycles. The first-order chi connectivity index (χ1) is 16.7. The summed E-state index contributed by atoms with van der Waals surface area (Å²) in [5, 5.41) is 10.6. The molecule has 0 bridgehead atoms. The molecule has 0 aliphatic carbocycles. The van der Waals surface area contributed by atoms with Crippen molar-refractivity contribution in [2.45, 2.75) is 30.5 Å². The quantitative estimate of drug-likeness (QED) is 0.289. The number of nitrogens with zero attached hydrogens (tertiary/aromatic N) is 2. The molecule has 1 N–H and O–H groups in total. The summed E-state index contributed by atoms with van der Waals surface area (Å²) in [6, 6.07) is 18.5. The molecule has 0 atom stereocenters. The van der Waals surface area contributed by atoms with E-state index in [0.717, 1.165) is 17.9 Å². The molecule has 1 heterocycles. The summed E-state index contributed by atoms with van der Waals surface area (Å²) in [4.78, 5) is 4.60. The van der Waals surface area contributed by atoms with Crippen molar-refractivity contribution in [1.82, 2.24) is 9.55 Å². The van der Waals surface area contributed by atoms with Gasteiger partial charge in [-0.15, -0.1) is 0 Å². The Bertz CT molecular complexity index is 1540. The number of benzene rings is 3. The number of aliphatic hydroxyl groups is 1. The number of alkyl halides is 3. The summed E-state index contributed by atoms with van der Waals surface area (Å²) in [5.74, 6) is 0.0127. The molecular formula is C26H22BrF3N2O3S. The van der Waals surface area contributed by atoms with Gasteiger partial charge in [-0.05, 0) is 71.2 Å². The van der Waals surface area contributed by atoms with Gasteiger partial charge in [0, 0.05) is 17.5 Å². The molecule has 0 saturated heterocycles. The molecule has 1 aromatic heterocycles. The van der Waals surface area contributed by atoms with Crippen LogP contribution in [0.2, 0.25) is 0 Å². The molecule has 0 radical (unpaired) electrons. The lowest BCUT2D eigenvalue weighted by atomic mass is 10.0. The van der Waals surface area contributed by atoms with Crippen molar-refractivity contribution in [1.29, 1.82) is 0 Å². The normalized spacial score (nSPS) is 12.7. The van der Waals surface area contributed by atoms with E-state index in [-0.39, 0.29) is 22.0 Å². The fourth-order valence-electron chi connectivity index (χ4n) is 3.84. The van der Waals surface area contributed by atoms with E-state index in [9.17, 15) is 26.7 Å². The zero-order chi connectivity index (χ0) is 26.5. The summed E-state index contributed by atoms with van der Waals surface area (Å²) < 4.78 is 67.2. The first-order valence-electron chi connectivity index (χ1n) is 10.8. The highest BCUT2D eigenvalue weighted by molar-refractivity contribution is 9.10. The van der Waals surface area contributed by atoms with E-state index in [0.29, 0.717) is 15.9 Å². The number of aromatic nitrogens is 2. The molecule has 0 aliphatic rings. The molecule has 0 saturated carbocycles. The Morgan fingerprint density at radius 1 is 0.917 bits per heavy atom. The largest absolute Gasteiger partial charge is 0.417 e. The van der Waals surface area contributed by atoms with Gasteiger partial charge in [0.05, 0.1) is 10.5 Å². The second-order valence-corrected chi connectivity index (χ2v) is 11.6. The molecule has 10 heteroatoms. The predicted octanol–water partition coefficient (Wildman–Crippen LogP) is 6.62. The summed E-state index contributed by atoms with van der Waals surface area (Å²) in [7, 11) is -3.39. The van der Waals surface area contributed by atoms with Crippen LogP contribution in [0.15, 0.2) is 82.3 Å². The fourth-order valence-corrected chi connectivity index (χ4v) is 5.45. The van der Waals surface area contributed by atoms with Gasteiger partial charge in [0.25, 0.3) is 0 Å². The Labute approximate surface area is 215 Å². The average molecular weight is 579 g/mol. The second kappa shape index (κ2) is 9.17. The van der Waals surface area contributed by atoms with Crippen molar-refractivity contribution >= 4 is 25.8 Å². The van der Waals surface area contributed by atoms with Crippen LogP contribution in [0.4, 0.5) is 13.2 Å². The number of halogens is 4. The van der Waals surface area contributed by atoms with Crippen LogP contribution in [0.3, 0.4) is 0 Å². The standard InChI is InChI=1S/C26H22BrF3N2O3S/c1-25(2,33)22-23(27)32(24(31-22)20-9-4-5-10-21(20)26(28,29)30)18-13-11-16(12-14-18)17-7-6-8-19(15-17)36(3,34)35/h4-15,33H,1-3H3. The van der Waals surface area contributed by atoms with Gasteiger partial charge in [0.1, 0.15) is 21.7 Å². The number of imidazole rings is 1. The zero-order valence-electron chi connectivity index (χ0n) is 19.5. The monoisotopic (exact) mass is 578 g/mol. The maximum absolute atomic E-state index is 13.8. The van der Waals surface area contributed by atoms with Gasteiger partial charge in [-0.25, -0.2) is 13.4 Å². The Kier molecular flexibility index (Phi) is 6.65. The predicted molar refractivity (Wildman–Crippen MR) is 135 cm³/mol. The van der Waals surface area contributed by atoms with Crippen molar-refractivity contribution in [2.75, 3.05) is 6.26 Å². The Morgan fingerprint density at radius 2 is 1.56 bits per heavy atom. The van der Waals surface area contributed by atoms with Gasteiger partial charge in [-0.3, -0.25) is 4.57 Å². The molecule has 188 valence electrons. The summed E-state index contributed by atoms with van der Waals surface area (Å²) in [6.45, 7) is 3.00. The van der Waals surface area contributed by atoms with Crippen LogP contribution in [0.1, 0.15) is 25.1 Å².